The molecular formula is C10H16N4O6. The van der Waals surface area contributed by atoms with Crippen molar-refractivity contribution in [2.24, 2.45) is 0 Å². The Kier molecular flexibility index (Phi) is 4.30. The van der Waals surface area contributed by atoms with E-state index in [4.69, 9.17) is 9.84 Å². The second kappa shape index (κ2) is 5.81. The maximum atomic E-state index is 12.0. The summed E-state index contributed by atoms with van der Waals surface area (Å²) in [6, 6.07) is 0. The van der Waals surface area contributed by atoms with E-state index in [-0.39, 0.29) is 5.82 Å². The van der Waals surface area contributed by atoms with Gasteiger partial charge in [-0.3, -0.25) is 9.89 Å². The van der Waals surface area contributed by atoms with Gasteiger partial charge in [-0.2, -0.15) is 5.10 Å². The van der Waals surface area contributed by atoms with Gasteiger partial charge in [-0.1, -0.05) is 0 Å². The molecule has 2 heterocycles. The number of hydrogen-bond acceptors (Lipinski definition) is 8. The summed E-state index contributed by atoms with van der Waals surface area (Å²) in [5.74, 6) is -0.684. The zero-order valence-electron chi connectivity index (χ0n) is 10.6. The van der Waals surface area contributed by atoms with Crippen molar-refractivity contribution in [3.8, 4) is 0 Å². The van der Waals surface area contributed by atoms with Gasteiger partial charge in [0.1, 0.15) is 30.7 Å². The number of ether oxygens (including phenoxy) is 1. The van der Waals surface area contributed by atoms with Crippen LogP contribution in [0, 0.1) is 0 Å². The molecule has 0 spiro atoms. The number of aliphatic hydroxyl groups is 4. The van der Waals surface area contributed by atoms with E-state index in [9.17, 15) is 20.1 Å². The normalized spacial score (nSPS) is 34.0. The fraction of sp³-hybridized carbons (Fsp3) is 0.700. The maximum absolute atomic E-state index is 12.0. The predicted octanol–water partition coefficient (Wildman–Crippen LogP) is -3.32. The predicted molar refractivity (Wildman–Crippen MR) is 62.2 cm³/mol. The Morgan fingerprint density at radius 1 is 1.40 bits per heavy atom. The van der Waals surface area contributed by atoms with Crippen LogP contribution in [0.3, 0.4) is 0 Å². The third-order valence-electron chi connectivity index (χ3n) is 3.19. The minimum atomic E-state index is -1.55. The standard InChI is InChI=1S/C10H16N4O6/c1-14(9(19)8-11-3-12-13-8)10-7(18)6(17)5(16)4(2-15)20-10/h3-7,10,15-18H,2H2,1H3,(H,11,12,13)/t4-,5+,6+,7-,10-/m1/s1. The zero-order valence-corrected chi connectivity index (χ0v) is 10.6. The van der Waals surface area contributed by atoms with Crippen LogP contribution in [-0.2, 0) is 4.74 Å². The fourth-order valence-electron chi connectivity index (χ4n) is 1.99. The maximum Gasteiger partial charge on any atom is 0.293 e. The Hall–Kier alpha value is -1.59. The van der Waals surface area contributed by atoms with E-state index >= 15 is 0 Å². The van der Waals surface area contributed by atoms with Gasteiger partial charge in [-0.05, 0) is 0 Å². The van der Waals surface area contributed by atoms with Crippen molar-refractivity contribution in [2.75, 3.05) is 13.7 Å². The molecule has 2 rings (SSSR count). The Morgan fingerprint density at radius 3 is 2.65 bits per heavy atom. The first-order valence-electron chi connectivity index (χ1n) is 5.90. The highest BCUT2D eigenvalue weighted by molar-refractivity contribution is 5.90. The monoisotopic (exact) mass is 288 g/mol. The average Bonchev–Trinajstić information content (AvgIpc) is 2.98. The van der Waals surface area contributed by atoms with E-state index in [1.165, 1.54) is 7.05 Å². The lowest BCUT2D eigenvalue weighted by atomic mass is 9.98. The van der Waals surface area contributed by atoms with E-state index in [2.05, 4.69) is 15.2 Å². The third kappa shape index (κ3) is 2.51. The summed E-state index contributed by atoms with van der Waals surface area (Å²) in [4.78, 5) is 16.7. The molecule has 1 aromatic rings. The molecular weight excluding hydrogens is 272 g/mol. The van der Waals surface area contributed by atoms with Crippen LogP contribution in [-0.4, -0.2) is 90.7 Å². The van der Waals surface area contributed by atoms with Crippen molar-refractivity contribution in [2.45, 2.75) is 30.6 Å². The molecule has 0 aromatic carbocycles. The lowest BCUT2D eigenvalue weighted by Crippen LogP contribution is -2.63. The van der Waals surface area contributed by atoms with Crippen LogP contribution in [0.25, 0.3) is 0 Å². The van der Waals surface area contributed by atoms with Gasteiger partial charge in [-0.15, -0.1) is 0 Å². The molecule has 1 aliphatic rings. The van der Waals surface area contributed by atoms with Crippen molar-refractivity contribution in [3.63, 3.8) is 0 Å². The number of aromatic amines is 1. The highest BCUT2D eigenvalue weighted by atomic mass is 16.6. The molecule has 0 radical (unpaired) electrons. The molecule has 0 unspecified atom stereocenters. The second-order valence-corrected chi connectivity index (χ2v) is 4.47. The molecule has 0 saturated carbocycles. The number of hydrogen-bond donors (Lipinski definition) is 5. The largest absolute Gasteiger partial charge is 0.394 e. The minimum absolute atomic E-state index is 0.0653. The first-order chi connectivity index (χ1) is 9.47. The van der Waals surface area contributed by atoms with Crippen molar-refractivity contribution in [1.82, 2.24) is 20.1 Å². The van der Waals surface area contributed by atoms with Gasteiger partial charge >= 0.3 is 0 Å². The van der Waals surface area contributed by atoms with Gasteiger partial charge in [0.2, 0.25) is 5.82 Å². The summed E-state index contributed by atoms with van der Waals surface area (Å²) in [5.41, 5.74) is 0. The number of H-pyrrole nitrogens is 1. The van der Waals surface area contributed by atoms with E-state index in [1.807, 2.05) is 0 Å². The Bertz CT molecular complexity index is 453. The molecule has 1 aromatic heterocycles. The second-order valence-electron chi connectivity index (χ2n) is 4.47. The smallest absolute Gasteiger partial charge is 0.293 e. The van der Waals surface area contributed by atoms with Crippen LogP contribution in [0.5, 0.6) is 0 Å². The van der Waals surface area contributed by atoms with E-state index in [0.29, 0.717) is 0 Å². The number of nitrogens with zero attached hydrogens (tertiary/aromatic N) is 3. The molecule has 1 amide bonds. The molecule has 5 N–H and O–H groups in total. The van der Waals surface area contributed by atoms with Crippen LogP contribution >= 0.6 is 0 Å². The van der Waals surface area contributed by atoms with Gasteiger partial charge < -0.3 is 30.1 Å². The molecule has 20 heavy (non-hydrogen) atoms. The van der Waals surface area contributed by atoms with Gasteiger partial charge in [0, 0.05) is 7.05 Å². The number of rotatable bonds is 3. The summed E-state index contributed by atoms with van der Waals surface area (Å²) in [6.07, 6.45) is -5.71. The molecule has 1 saturated heterocycles. The van der Waals surface area contributed by atoms with Gasteiger partial charge in [0.05, 0.1) is 6.61 Å². The molecule has 5 atom stereocenters. The lowest BCUT2D eigenvalue weighted by molar-refractivity contribution is -0.254. The fourth-order valence-corrected chi connectivity index (χ4v) is 1.99. The summed E-state index contributed by atoms with van der Waals surface area (Å²) >= 11 is 0. The molecule has 0 aliphatic carbocycles. The van der Waals surface area contributed by atoms with Crippen molar-refractivity contribution in [3.05, 3.63) is 12.2 Å². The highest BCUT2D eigenvalue weighted by Crippen LogP contribution is 2.23. The summed E-state index contributed by atoms with van der Waals surface area (Å²) in [5, 5.41) is 44.2. The quantitative estimate of drug-likeness (QED) is 0.387. The lowest BCUT2D eigenvalue weighted by Gasteiger charge is -2.43. The first kappa shape index (κ1) is 14.8. The van der Waals surface area contributed by atoms with Crippen molar-refractivity contribution < 1.29 is 30.0 Å². The van der Waals surface area contributed by atoms with Crippen LogP contribution in [0.15, 0.2) is 6.33 Å². The van der Waals surface area contributed by atoms with Crippen LogP contribution in [0.2, 0.25) is 0 Å². The van der Waals surface area contributed by atoms with Crippen molar-refractivity contribution >= 4 is 5.91 Å². The molecule has 112 valence electrons. The van der Waals surface area contributed by atoms with Crippen LogP contribution < -0.4 is 0 Å². The average molecular weight is 288 g/mol. The zero-order chi connectivity index (χ0) is 14.9. The number of carbonyl (C=O) groups is 1. The first-order valence-corrected chi connectivity index (χ1v) is 5.90. The van der Waals surface area contributed by atoms with E-state index in [1.54, 1.807) is 0 Å². The summed E-state index contributed by atoms with van der Waals surface area (Å²) in [6.45, 7) is -0.564. The van der Waals surface area contributed by atoms with E-state index in [0.717, 1.165) is 11.2 Å². The molecule has 1 aliphatic heterocycles. The number of aromatic nitrogens is 3. The van der Waals surface area contributed by atoms with Crippen LogP contribution in [0.1, 0.15) is 10.6 Å². The summed E-state index contributed by atoms with van der Waals surface area (Å²) < 4.78 is 5.24. The molecule has 10 nitrogen and oxygen atoms in total. The topological polar surface area (TPSA) is 152 Å². The summed E-state index contributed by atoms with van der Waals surface area (Å²) in [7, 11) is 1.33. The van der Waals surface area contributed by atoms with E-state index < -0.39 is 43.2 Å². The van der Waals surface area contributed by atoms with Gasteiger partial charge in [-0.25, -0.2) is 4.98 Å². The molecule has 10 heteroatoms. The number of amides is 1. The van der Waals surface area contributed by atoms with Crippen LogP contribution in [0.4, 0.5) is 0 Å². The SMILES string of the molecule is CN(C(=O)c1ncn[nH]1)[C@@H]1O[C@H](CO)[C@H](O)[C@H](O)[C@H]1O. The number of aliphatic hydroxyl groups excluding tert-OH is 4. The van der Waals surface area contributed by atoms with Gasteiger partial charge in [0.25, 0.3) is 5.91 Å². The highest BCUT2D eigenvalue weighted by Gasteiger charge is 2.46. The molecule has 1 fully saturated rings. The number of nitrogens with one attached hydrogen (secondary N) is 1. The number of likely N-dealkylation sites (N-methyl/N-ethyl adjacent to an activating group) is 1. The Morgan fingerprint density at radius 2 is 2.10 bits per heavy atom. The van der Waals surface area contributed by atoms with Crippen molar-refractivity contribution in [1.29, 1.82) is 0 Å². The third-order valence-corrected chi connectivity index (χ3v) is 3.19. The van der Waals surface area contributed by atoms with Gasteiger partial charge in [0.15, 0.2) is 6.23 Å². The Labute approximate surface area is 113 Å². The Balaban J connectivity index is 2.16. The molecule has 0 bridgehead atoms. The number of carbonyl (C=O) groups excluding carboxylic acids is 1. The minimum Gasteiger partial charge on any atom is -0.394 e.